The van der Waals surface area contributed by atoms with Crippen molar-refractivity contribution in [3.05, 3.63) is 40.0 Å². The maximum Gasteiger partial charge on any atom is 0.308 e. The van der Waals surface area contributed by atoms with Gasteiger partial charge in [0.2, 0.25) is 0 Å². The van der Waals surface area contributed by atoms with Crippen molar-refractivity contribution in [2.75, 3.05) is 7.11 Å². The Hall–Kier alpha value is -2.07. The quantitative estimate of drug-likeness (QED) is 0.155. The predicted molar refractivity (Wildman–Crippen MR) is 151 cm³/mol. The highest BCUT2D eigenvalue weighted by atomic mass is 16.5. The Morgan fingerprint density at radius 3 is 2.39 bits per heavy atom. The number of ether oxygens (including phenoxy) is 3. The van der Waals surface area contributed by atoms with Gasteiger partial charge < -0.3 is 14.2 Å². The Balaban J connectivity index is 1.98. The minimum atomic E-state index is -0.373. The second-order valence-corrected chi connectivity index (χ2v) is 11.6. The lowest BCUT2D eigenvalue weighted by atomic mass is 9.89. The molecule has 0 bridgehead atoms. The molecule has 4 nitrogen and oxygen atoms in total. The zero-order chi connectivity index (χ0) is 27.0. The lowest BCUT2D eigenvalue weighted by Gasteiger charge is -2.34. The van der Waals surface area contributed by atoms with Gasteiger partial charge in [-0.05, 0) is 89.3 Å². The molecule has 1 aromatic carbocycles. The maximum absolute atomic E-state index is 11.6. The van der Waals surface area contributed by atoms with E-state index in [0.717, 1.165) is 59.6 Å². The first kappa shape index (κ1) is 30.2. The summed E-state index contributed by atoms with van der Waals surface area (Å²) in [5, 5.41) is 0. The van der Waals surface area contributed by atoms with E-state index in [1.54, 1.807) is 0 Å². The number of hydrogen-bond acceptors (Lipinski definition) is 4. The number of esters is 1. The molecule has 0 N–H and O–H groups in total. The maximum atomic E-state index is 11.6. The molecule has 0 spiro atoms. The van der Waals surface area contributed by atoms with Gasteiger partial charge in [-0.2, -0.15) is 0 Å². The summed E-state index contributed by atoms with van der Waals surface area (Å²) in [6.07, 6.45) is 14.8. The number of benzene rings is 1. The van der Waals surface area contributed by atoms with Gasteiger partial charge in [-0.3, -0.25) is 4.79 Å². The van der Waals surface area contributed by atoms with Crippen LogP contribution in [0.15, 0.2) is 17.7 Å². The Labute approximate surface area is 220 Å². The van der Waals surface area contributed by atoms with E-state index in [1.165, 1.54) is 31.8 Å². The van der Waals surface area contributed by atoms with E-state index in [9.17, 15) is 4.79 Å². The Kier molecular flexibility index (Phi) is 11.3. The van der Waals surface area contributed by atoms with Crippen LogP contribution in [0.25, 0.3) is 6.08 Å². The molecule has 0 fully saturated rings. The van der Waals surface area contributed by atoms with Crippen molar-refractivity contribution >= 4 is 12.0 Å². The van der Waals surface area contributed by atoms with Crippen LogP contribution in [0.3, 0.4) is 0 Å². The van der Waals surface area contributed by atoms with Gasteiger partial charge in [0.05, 0.1) is 6.10 Å². The van der Waals surface area contributed by atoms with Crippen LogP contribution in [0, 0.1) is 32.6 Å². The largest absolute Gasteiger partial charge is 0.483 e. The van der Waals surface area contributed by atoms with Gasteiger partial charge in [-0.1, -0.05) is 57.8 Å². The Morgan fingerprint density at radius 2 is 1.78 bits per heavy atom. The van der Waals surface area contributed by atoms with Gasteiger partial charge in [0, 0.05) is 25.2 Å². The number of hydrogen-bond donors (Lipinski definition) is 0. The molecule has 0 saturated heterocycles. The number of allylic oxidation sites excluding steroid dienone is 1. The standard InChI is InChI=1S/C32H50O4/c1-21(2)13-11-14-22(3)19-28(34-10)20-23(4)15-12-17-32(9)18-16-29-26(7)30(35-27(8)33)24(5)25(6)31(29)36-32/h15-16,18,21-22,28H,11-14,17,19-20H2,1-10H3. The van der Waals surface area contributed by atoms with Crippen molar-refractivity contribution in [2.45, 2.75) is 119 Å². The molecule has 3 unspecified atom stereocenters. The molecule has 36 heavy (non-hydrogen) atoms. The second kappa shape index (κ2) is 13.5. The first-order chi connectivity index (χ1) is 16.9. The zero-order valence-corrected chi connectivity index (χ0v) is 24.5. The van der Waals surface area contributed by atoms with Crippen molar-refractivity contribution in [3.63, 3.8) is 0 Å². The molecule has 3 atom stereocenters. The molecule has 2 rings (SSSR count). The topological polar surface area (TPSA) is 44.8 Å². The first-order valence-corrected chi connectivity index (χ1v) is 13.8. The van der Waals surface area contributed by atoms with E-state index >= 15 is 0 Å². The zero-order valence-electron chi connectivity index (χ0n) is 24.5. The molecule has 202 valence electrons. The lowest BCUT2D eigenvalue weighted by molar-refractivity contribution is -0.132. The third kappa shape index (κ3) is 8.50. The molecular weight excluding hydrogens is 448 g/mol. The molecule has 0 aliphatic carbocycles. The van der Waals surface area contributed by atoms with Crippen molar-refractivity contribution in [2.24, 2.45) is 11.8 Å². The monoisotopic (exact) mass is 498 g/mol. The SMILES string of the molecule is COC(CC(C)=CCCC1(C)C=Cc2c(C)c(OC(C)=O)c(C)c(C)c2O1)CC(C)CCCC(C)C. The molecule has 0 aromatic heterocycles. The molecule has 1 heterocycles. The molecule has 1 aliphatic rings. The minimum absolute atomic E-state index is 0.281. The molecule has 0 radical (unpaired) electrons. The fraction of sp³-hybridized carbons (Fsp3) is 0.656. The molecule has 4 heteroatoms. The van der Waals surface area contributed by atoms with Crippen molar-refractivity contribution in [1.29, 1.82) is 0 Å². The fourth-order valence-corrected chi connectivity index (χ4v) is 5.16. The summed E-state index contributed by atoms with van der Waals surface area (Å²) in [7, 11) is 1.84. The van der Waals surface area contributed by atoms with Crippen LogP contribution in [0.1, 0.15) is 109 Å². The summed E-state index contributed by atoms with van der Waals surface area (Å²) in [6.45, 7) is 18.8. The van der Waals surface area contributed by atoms with E-state index in [2.05, 4.69) is 52.8 Å². The molecule has 0 amide bonds. The van der Waals surface area contributed by atoms with Crippen molar-refractivity contribution in [1.82, 2.24) is 0 Å². The third-order valence-corrected chi connectivity index (χ3v) is 7.58. The van der Waals surface area contributed by atoms with E-state index < -0.39 is 0 Å². The lowest BCUT2D eigenvalue weighted by Crippen LogP contribution is -2.32. The highest BCUT2D eigenvalue weighted by molar-refractivity contribution is 5.76. The summed E-state index contributed by atoms with van der Waals surface area (Å²) in [6, 6.07) is 0. The van der Waals surface area contributed by atoms with Crippen LogP contribution in [0.2, 0.25) is 0 Å². The van der Waals surface area contributed by atoms with Gasteiger partial charge in [0.25, 0.3) is 0 Å². The van der Waals surface area contributed by atoms with Crippen molar-refractivity contribution < 1.29 is 19.0 Å². The Morgan fingerprint density at radius 1 is 1.08 bits per heavy atom. The summed E-state index contributed by atoms with van der Waals surface area (Å²) < 4.78 is 17.9. The second-order valence-electron chi connectivity index (χ2n) is 11.6. The van der Waals surface area contributed by atoms with Crippen LogP contribution in [0.4, 0.5) is 0 Å². The van der Waals surface area contributed by atoms with Gasteiger partial charge in [-0.15, -0.1) is 0 Å². The molecule has 0 saturated carbocycles. The van der Waals surface area contributed by atoms with Gasteiger partial charge in [-0.25, -0.2) is 0 Å². The average molecular weight is 499 g/mol. The average Bonchev–Trinajstić information content (AvgIpc) is 2.79. The summed E-state index contributed by atoms with van der Waals surface area (Å²) >= 11 is 0. The van der Waals surface area contributed by atoms with Crippen LogP contribution < -0.4 is 9.47 Å². The van der Waals surface area contributed by atoms with Gasteiger partial charge >= 0.3 is 5.97 Å². The van der Waals surface area contributed by atoms with Crippen LogP contribution >= 0.6 is 0 Å². The van der Waals surface area contributed by atoms with E-state index in [4.69, 9.17) is 14.2 Å². The molecule has 1 aromatic rings. The van der Waals surface area contributed by atoms with E-state index in [1.807, 2.05) is 27.9 Å². The first-order valence-electron chi connectivity index (χ1n) is 13.8. The third-order valence-electron chi connectivity index (χ3n) is 7.58. The highest BCUT2D eigenvalue weighted by Gasteiger charge is 2.31. The Bertz CT molecular complexity index is 956. The van der Waals surface area contributed by atoms with E-state index in [-0.39, 0.29) is 17.7 Å². The van der Waals surface area contributed by atoms with Crippen LogP contribution in [-0.4, -0.2) is 24.8 Å². The van der Waals surface area contributed by atoms with Crippen molar-refractivity contribution in [3.8, 4) is 11.5 Å². The summed E-state index contributed by atoms with van der Waals surface area (Å²) in [4.78, 5) is 11.6. The number of carbonyl (C=O) groups is 1. The minimum Gasteiger partial charge on any atom is -0.483 e. The predicted octanol–water partition coefficient (Wildman–Crippen LogP) is 8.69. The summed E-state index contributed by atoms with van der Waals surface area (Å²) in [5.74, 6) is 2.73. The number of carbonyl (C=O) groups excluding carboxylic acids is 1. The van der Waals surface area contributed by atoms with Crippen LogP contribution in [-0.2, 0) is 9.53 Å². The van der Waals surface area contributed by atoms with Gasteiger partial charge in [0.1, 0.15) is 17.1 Å². The van der Waals surface area contributed by atoms with E-state index in [0.29, 0.717) is 11.7 Å². The summed E-state index contributed by atoms with van der Waals surface area (Å²) in [5.41, 5.74) is 4.94. The number of rotatable bonds is 13. The number of fused-ring (bicyclic) bond motifs is 1. The van der Waals surface area contributed by atoms with Crippen LogP contribution in [0.5, 0.6) is 11.5 Å². The van der Waals surface area contributed by atoms with Gasteiger partial charge in [0.15, 0.2) is 0 Å². The molecular formula is C32H50O4. The fourth-order valence-electron chi connectivity index (χ4n) is 5.16. The number of methoxy groups -OCH3 is 1. The normalized spacial score (nSPS) is 19.1. The highest BCUT2D eigenvalue weighted by Crippen LogP contribution is 2.43. The molecule has 1 aliphatic heterocycles. The smallest absolute Gasteiger partial charge is 0.308 e.